The summed E-state index contributed by atoms with van der Waals surface area (Å²) in [6.45, 7) is 0. The fraction of sp³-hybridized carbons (Fsp3) is 0.320. The number of fused-ring (bicyclic) bond motifs is 5. The number of hydrogen-bond donors (Lipinski definition) is 3. The van der Waals surface area contributed by atoms with E-state index in [1.807, 2.05) is 0 Å². The zero-order valence-electron chi connectivity index (χ0n) is 18.0. The zero-order chi connectivity index (χ0) is 23.6. The van der Waals surface area contributed by atoms with E-state index < -0.39 is 29.3 Å². The van der Waals surface area contributed by atoms with Crippen LogP contribution in [0.1, 0.15) is 25.7 Å². The summed E-state index contributed by atoms with van der Waals surface area (Å²) in [5.74, 6) is -2.83. The molecule has 0 spiro atoms. The van der Waals surface area contributed by atoms with E-state index in [1.165, 1.54) is 18.3 Å². The van der Waals surface area contributed by atoms with E-state index in [0.717, 1.165) is 31.7 Å². The highest BCUT2D eigenvalue weighted by Crippen LogP contribution is 2.46. The fourth-order valence-corrected chi connectivity index (χ4v) is 5.86. The van der Waals surface area contributed by atoms with Crippen molar-refractivity contribution in [1.82, 2.24) is 15.0 Å². The third-order valence-corrected chi connectivity index (χ3v) is 7.43. The van der Waals surface area contributed by atoms with E-state index in [1.54, 1.807) is 12.1 Å². The van der Waals surface area contributed by atoms with E-state index in [0.29, 0.717) is 16.8 Å². The standard InChI is InChI=1S/C25H21F3N4O2/c26-13-8-15-16(10-29-21(15)18(28)9-13)24-31-22-14(2-1-3-17(22)27)23(32-24)30-20-12-6-4-11(5-7-12)19(20)25(33)34/h1-3,8-12,19-20,29H,4-7H2,(H,33,34)(H,30,31,32). The number of hydrogen-bond acceptors (Lipinski definition) is 4. The van der Waals surface area contributed by atoms with Gasteiger partial charge in [0, 0.05) is 34.6 Å². The molecule has 0 aliphatic heterocycles. The first-order chi connectivity index (χ1) is 16.4. The average Bonchev–Trinajstić information content (AvgIpc) is 3.24. The Bertz CT molecular complexity index is 1450. The number of anilines is 1. The molecule has 2 heterocycles. The van der Waals surface area contributed by atoms with Gasteiger partial charge in [0.2, 0.25) is 0 Å². The maximum atomic E-state index is 14.8. The summed E-state index contributed by atoms with van der Waals surface area (Å²) >= 11 is 0. The van der Waals surface area contributed by atoms with Crippen molar-refractivity contribution in [2.75, 3.05) is 5.32 Å². The molecule has 174 valence electrons. The van der Waals surface area contributed by atoms with Crippen LogP contribution in [0, 0.1) is 35.2 Å². The van der Waals surface area contributed by atoms with Crippen molar-refractivity contribution in [1.29, 1.82) is 0 Å². The summed E-state index contributed by atoms with van der Waals surface area (Å²) in [4.78, 5) is 23.9. The van der Waals surface area contributed by atoms with Crippen LogP contribution in [0.5, 0.6) is 0 Å². The van der Waals surface area contributed by atoms with Crippen molar-refractivity contribution in [2.24, 2.45) is 17.8 Å². The Hall–Kier alpha value is -3.62. The SMILES string of the molecule is O=C(O)C1C2CCC(CC2)C1Nc1nc(-c2c[nH]c3c(F)cc(F)cc23)nc2c(F)cccc12. The fourth-order valence-electron chi connectivity index (χ4n) is 5.86. The van der Waals surface area contributed by atoms with Crippen LogP contribution < -0.4 is 5.32 Å². The maximum Gasteiger partial charge on any atom is 0.308 e. The minimum atomic E-state index is -0.848. The normalized spacial score (nSPS) is 24.1. The molecular formula is C25H21F3N4O2. The number of aromatic amines is 1. The lowest BCUT2D eigenvalue weighted by molar-refractivity contribution is -0.148. The quantitative estimate of drug-likeness (QED) is 0.370. The molecule has 9 heteroatoms. The lowest BCUT2D eigenvalue weighted by Gasteiger charge is -2.47. The second-order valence-electron chi connectivity index (χ2n) is 9.25. The van der Waals surface area contributed by atoms with Crippen molar-refractivity contribution in [3.63, 3.8) is 0 Å². The third kappa shape index (κ3) is 3.21. The van der Waals surface area contributed by atoms with Crippen LogP contribution in [0.25, 0.3) is 33.2 Å². The van der Waals surface area contributed by atoms with E-state index in [2.05, 4.69) is 20.3 Å². The molecule has 3 saturated carbocycles. The molecule has 0 radical (unpaired) electrons. The van der Waals surface area contributed by atoms with Crippen molar-refractivity contribution < 1.29 is 23.1 Å². The second kappa shape index (κ2) is 7.72. The van der Waals surface area contributed by atoms with Gasteiger partial charge < -0.3 is 15.4 Å². The smallest absolute Gasteiger partial charge is 0.308 e. The molecule has 0 saturated heterocycles. The Balaban J connectivity index is 1.52. The van der Waals surface area contributed by atoms with Gasteiger partial charge in [0.05, 0.1) is 11.4 Å². The summed E-state index contributed by atoms with van der Waals surface area (Å²) in [5, 5.41) is 13.9. The van der Waals surface area contributed by atoms with E-state index in [9.17, 15) is 23.1 Å². The predicted octanol–water partition coefficient (Wildman–Crippen LogP) is 5.50. The van der Waals surface area contributed by atoms with Crippen LogP contribution in [0.4, 0.5) is 19.0 Å². The highest BCUT2D eigenvalue weighted by atomic mass is 19.1. The number of aromatic nitrogens is 3. The summed E-state index contributed by atoms with van der Waals surface area (Å²) < 4.78 is 43.0. The molecule has 7 rings (SSSR count). The topological polar surface area (TPSA) is 90.9 Å². The molecule has 4 aromatic rings. The molecular weight excluding hydrogens is 445 g/mol. The Morgan fingerprint density at radius 1 is 1.00 bits per heavy atom. The Morgan fingerprint density at radius 3 is 2.53 bits per heavy atom. The van der Waals surface area contributed by atoms with Gasteiger partial charge in [0.1, 0.15) is 28.8 Å². The monoisotopic (exact) mass is 466 g/mol. The van der Waals surface area contributed by atoms with E-state index >= 15 is 0 Å². The molecule has 2 aromatic heterocycles. The number of benzene rings is 2. The van der Waals surface area contributed by atoms with Gasteiger partial charge in [0.15, 0.2) is 5.82 Å². The molecule has 6 nitrogen and oxygen atoms in total. The molecule has 3 fully saturated rings. The van der Waals surface area contributed by atoms with Crippen LogP contribution in [-0.4, -0.2) is 32.1 Å². The first-order valence-electron chi connectivity index (χ1n) is 11.3. The molecule has 34 heavy (non-hydrogen) atoms. The third-order valence-electron chi connectivity index (χ3n) is 7.43. The summed E-state index contributed by atoms with van der Waals surface area (Å²) in [6, 6.07) is 6.10. The zero-order valence-corrected chi connectivity index (χ0v) is 18.0. The lowest BCUT2D eigenvalue weighted by Crippen LogP contribution is -2.51. The number of rotatable bonds is 4. The number of para-hydroxylation sites is 1. The highest BCUT2D eigenvalue weighted by Gasteiger charge is 2.47. The van der Waals surface area contributed by atoms with Crippen molar-refractivity contribution in [3.8, 4) is 11.4 Å². The molecule has 2 aromatic carbocycles. The second-order valence-corrected chi connectivity index (χ2v) is 9.25. The predicted molar refractivity (Wildman–Crippen MR) is 121 cm³/mol. The van der Waals surface area contributed by atoms with Crippen LogP contribution in [0.2, 0.25) is 0 Å². The van der Waals surface area contributed by atoms with Crippen molar-refractivity contribution in [3.05, 3.63) is 54.0 Å². The number of carbonyl (C=O) groups is 1. The van der Waals surface area contributed by atoms with Crippen LogP contribution in [0.15, 0.2) is 36.5 Å². The Kier molecular flexibility index (Phi) is 4.75. The molecule has 3 N–H and O–H groups in total. The molecule has 2 bridgehead atoms. The number of carboxylic acid groups (broad SMARTS) is 1. The van der Waals surface area contributed by atoms with Gasteiger partial charge >= 0.3 is 5.97 Å². The number of nitrogens with one attached hydrogen (secondary N) is 2. The first kappa shape index (κ1) is 20.9. The van der Waals surface area contributed by atoms with Crippen molar-refractivity contribution >= 4 is 33.6 Å². The highest BCUT2D eigenvalue weighted by molar-refractivity contribution is 5.97. The summed E-state index contributed by atoms with van der Waals surface area (Å²) in [7, 11) is 0. The van der Waals surface area contributed by atoms with Gasteiger partial charge in [-0.15, -0.1) is 0 Å². The van der Waals surface area contributed by atoms with Gasteiger partial charge in [0.25, 0.3) is 0 Å². The van der Waals surface area contributed by atoms with Crippen LogP contribution >= 0.6 is 0 Å². The molecule has 2 atom stereocenters. The number of carboxylic acids is 1. The molecule has 3 aliphatic rings. The lowest BCUT2D eigenvalue weighted by atomic mass is 9.61. The Labute approximate surface area is 192 Å². The minimum Gasteiger partial charge on any atom is -0.481 e. The maximum absolute atomic E-state index is 14.8. The Morgan fingerprint density at radius 2 is 1.76 bits per heavy atom. The number of nitrogens with zero attached hydrogens (tertiary/aromatic N) is 2. The average molecular weight is 466 g/mol. The van der Waals surface area contributed by atoms with Crippen LogP contribution in [0.3, 0.4) is 0 Å². The minimum absolute atomic E-state index is 0.0501. The van der Waals surface area contributed by atoms with E-state index in [4.69, 9.17) is 0 Å². The summed E-state index contributed by atoms with van der Waals surface area (Å²) in [6.07, 6.45) is 5.09. The molecule has 2 unspecified atom stereocenters. The van der Waals surface area contributed by atoms with Crippen molar-refractivity contribution in [2.45, 2.75) is 31.7 Å². The van der Waals surface area contributed by atoms with Gasteiger partial charge in [-0.2, -0.15) is 0 Å². The first-order valence-corrected chi connectivity index (χ1v) is 11.3. The van der Waals surface area contributed by atoms with Gasteiger partial charge in [-0.1, -0.05) is 6.07 Å². The number of H-pyrrole nitrogens is 1. The van der Waals surface area contributed by atoms with Gasteiger partial charge in [-0.05, 0) is 55.7 Å². The largest absolute Gasteiger partial charge is 0.481 e. The van der Waals surface area contributed by atoms with Gasteiger partial charge in [-0.3, -0.25) is 4.79 Å². The van der Waals surface area contributed by atoms with Crippen LogP contribution in [-0.2, 0) is 4.79 Å². The number of halogens is 3. The van der Waals surface area contributed by atoms with Gasteiger partial charge in [-0.25, -0.2) is 23.1 Å². The molecule has 3 aliphatic carbocycles. The summed E-state index contributed by atoms with van der Waals surface area (Å²) in [5.41, 5.74) is 0.467. The number of aliphatic carboxylic acids is 1. The molecule has 0 amide bonds. The van der Waals surface area contributed by atoms with E-state index in [-0.39, 0.29) is 40.1 Å².